The van der Waals surface area contributed by atoms with E-state index in [-0.39, 0.29) is 0 Å². The van der Waals surface area contributed by atoms with E-state index in [0.717, 1.165) is 41.2 Å². The van der Waals surface area contributed by atoms with Crippen molar-refractivity contribution in [2.24, 2.45) is 36.6 Å². The number of nitrogens with one attached hydrogen (secondary N) is 1. The van der Waals surface area contributed by atoms with Crippen LogP contribution in [0, 0.1) is 29.6 Å². The number of nitrogens with zero attached hydrogens (tertiary/aromatic N) is 2. The molecule has 3 nitrogen and oxygen atoms in total. The highest BCUT2D eigenvalue weighted by atomic mass is 35.5. The van der Waals surface area contributed by atoms with Gasteiger partial charge >= 0.3 is 0 Å². The lowest BCUT2D eigenvalue weighted by Crippen LogP contribution is -2.27. The van der Waals surface area contributed by atoms with Gasteiger partial charge in [0.1, 0.15) is 0 Å². The van der Waals surface area contributed by atoms with Crippen molar-refractivity contribution in [1.29, 1.82) is 0 Å². The Bertz CT molecular complexity index is 462. The van der Waals surface area contributed by atoms with E-state index < -0.39 is 0 Å². The smallest absolute Gasteiger partial charge is 0.0834 e. The summed E-state index contributed by atoms with van der Waals surface area (Å²) in [4.78, 5) is 0. The van der Waals surface area contributed by atoms with Crippen LogP contribution in [0.2, 0.25) is 5.02 Å². The maximum Gasteiger partial charge on any atom is 0.0834 e. The molecule has 5 unspecified atom stereocenters. The second kappa shape index (κ2) is 4.23. The highest BCUT2D eigenvalue weighted by Gasteiger charge is 2.67. The number of aromatic nitrogens is 2. The van der Waals surface area contributed by atoms with Crippen LogP contribution in [0.25, 0.3) is 0 Å². The molecular weight excluding hydrogens is 258 g/mol. The van der Waals surface area contributed by atoms with Crippen molar-refractivity contribution in [3.8, 4) is 0 Å². The standard InChI is InChI=1S/C15H22ClN3/c1-3-17-14(15-10(16)7-18-19(15)2)13-11-8-4-5-9(6-8)12(11)13/h7-9,11-14,17H,3-6H2,1-2H3. The first kappa shape index (κ1) is 12.2. The van der Waals surface area contributed by atoms with Crippen molar-refractivity contribution < 1.29 is 0 Å². The van der Waals surface area contributed by atoms with Gasteiger partial charge in [-0.25, -0.2) is 0 Å². The molecule has 0 saturated heterocycles. The third-order valence-electron chi connectivity index (χ3n) is 5.84. The van der Waals surface area contributed by atoms with Gasteiger partial charge in [-0.05, 0) is 55.4 Å². The predicted octanol–water partition coefficient (Wildman–Crippen LogP) is 3.02. The van der Waals surface area contributed by atoms with E-state index >= 15 is 0 Å². The number of hydrogen-bond donors (Lipinski definition) is 1. The molecule has 0 aromatic carbocycles. The van der Waals surface area contributed by atoms with Crippen molar-refractivity contribution in [2.75, 3.05) is 6.54 Å². The van der Waals surface area contributed by atoms with Crippen molar-refractivity contribution in [3.63, 3.8) is 0 Å². The largest absolute Gasteiger partial charge is 0.309 e. The maximum atomic E-state index is 6.37. The Balaban J connectivity index is 1.64. The summed E-state index contributed by atoms with van der Waals surface area (Å²) in [6.45, 7) is 3.18. The molecule has 5 atom stereocenters. The van der Waals surface area contributed by atoms with Crippen molar-refractivity contribution in [3.05, 3.63) is 16.9 Å². The molecule has 4 heteroatoms. The minimum atomic E-state index is 0.406. The molecule has 1 N–H and O–H groups in total. The number of aryl methyl sites for hydroxylation is 1. The minimum Gasteiger partial charge on any atom is -0.309 e. The third kappa shape index (κ3) is 1.64. The second-order valence-electron chi connectivity index (χ2n) is 6.60. The number of halogens is 1. The number of hydrogen-bond acceptors (Lipinski definition) is 2. The topological polar surface area (TPSA) is 29.9 Å². The molecule has 2 bridgehead atoms. The van der Waals surface area contributed by atoms with Crippen LogP contribution in [0.4, 0.5) is 0 Å². The molecule has 104 valence electrons. The number of rotatable bonds is 4. The molecule has 0 amide bonds. The third-order valence-corrected chi connectivity index (χ3v) is 6.13. The molecule has 0 aliphatic heterocycles. The van der Waals surface area contributed by atoms with E-state index in [1.807, 2.05) is 11.7 Å². The van der Waals surface area contributed by atoms with Gasteiger partial charge in [0.25, 0.3) is 0 Å². The summed E-state index contributed by atoms with van der Waals surface area (Å²) < 4.78 is 1.96. The van der Waals surface area contributed by atoms with Crippen LogP contribution in [0.3, 0.4) is 0 Å². The Hall–Kier alpha value is -0.540. The van der Waals surface area contributed by atoms with E-state index in [4.69, 9.17) is 11.6 Å². The van der Waals surface area contributed by atoms with Gasteiger partial charge in [-0.1, -0.05) is 18.5 Å². The molecule has 1 aromatic rings. The van der Waals surface area contributed by atoms with Crippen LogP contribution >= 0.6 is 11.6 Å². The molecule has 3 aliphatic rings. The Morgan fingerprint density at radius 1 is 1.42 bits per heavy atom. The fourth-order valence-corrected chi connectivity index (χ4v) is 5.53. The summed E-state index contributed by atoms with van der Waals surface area (Å²) >= 11 is 6.37. The summed E-state index contributed by atoms with van der Waals surface area (Å²) in [6.07, 6.45) is 6.23. The Morgan fingerprint density at radius 2 is 2.11 bits per heavy atom. The molecule has 1 aromatic heterocycles. The Morgan fingerprint density at radius 3 is 2.63 bits per heavy atom. The SMILES string of the molecule is CCNC(c1c(Cl)cnn1C)C1C2C3CCC(C3)C21. The summed E-state index contributed by atoms with van der Waals surface area (Å²) in [5, 5.41) is 8.83. The molecule has 1 heterocycles. The van der Waals surface area contributed by atoms with Gasteiger partial charge in [-0.3, -0.25) is 4.68 Å². The lowest BCUT2D eigenvalue weighted by Gasteiger charge is -2.22. The second-order valence-corrected chi connectivity index (χ2v) is 7.01. The molecule has 4 rings (SSSR count). The predicted molar refractivity (Wildman–Crippen MR) is 75.9 cm³/mol. The molecule has 3 saturated carbocycles. The Labute approximate surface area is 119 Å². The minimum absolute atomic E-state index is 0.406. The molecule has 3 aliphatic carbocycles. The van der Waals surface area contributed by atoms with Gasteiger partial charge in [-0.15, -0.1) is 0 Å². The molecule has 0 spiro atoms. The monoisotopic (exact) mass is 279 g/mol. The zero-order valence-electron chi connectivity index (χ0n) is 11.6. The Kier molecular flexibility index (Phi) is 2.72. The van der Waals surface area contributed by atoms with E-state index in [9.17, 15) is 0 Å². The van der Waals surface area contributed by atoms with Crippen LogP contribution in [0.15, 0.2) is 6.20 Å². The van der Waals surface area contributed by atoms with Gasteiger partial charge in [-0.2, -0.15) is 5.10 Å². The zero-order valence-corrected chi connectivity index (χ0v) is 12.4. The average Bonchev–Trinajstić information content (AvgIpc) is 2.70. The first-order valence-corrected chi connectivity index (χ1v) is 8.01. The van der Waals surface area contributed by atoms with E-state index in [2.05, 4.69) is 17.3 Å². The lowest BCUT2D eigenvalue weighted by atomic mass is 9.95. The van der Waals surface area contributed by atoms with Crippen molar-refractivity contribution in [2.45, 2.75) is 32.2 Å². The van der Waals surface area contributed by atoms with Crippen LogP contribution in [0.5, 0.6) is 0 Å². The van der Waals surface area contributed by atoms with Gasteiger partial charge in [0.05, 0.1) is 23.0 Å². The van der Waals surface area contributed by atoms with Gasteiger partial charge in [0.15, 0.2) is 0 Å². The van der Waals surface area contributed by atoms with Gasteiger partial charge in [0.2, 0.25) is 0 Å². The van der Waals surface area contributed by atoms with Crippen LogP contribution in [-0.4, -0.2) is 16.3 Å². The summed E-state index contributed by atoms with van der Waals surface area (Å²) in [5.74, 6) is 4.75. The van der Waals surface area contributed by atoms with E-state index in [0.29, 0.717) is 6.04 Å². The highest BCUT2D eigenvalue weighted by molar-refractivity contribution is 6.31. The quantitative estimate of drug-likeness (QED) is 0.918. The van der Waals surface area contributed by atoms with E-state index in [1.165, 1.54) is 25.0 Å². The number of fused-ring (bicyclic) bond motifs is 5. The van der Waals surface area contributed by atoms with Crippen molar-refractivity contribution in [1.82, 2.24) is 15.1 Å². The van der Waals surface area contributed by atoms with Gasteiger partial charge < -0.3 is 5.32 Å². The zero-order chi connectivity index (χ0) is 13.1. The fourth-order valence-electron chi connectivity index (χ4n) is 5.24. The average molecular weight is 280 g/mol. The molecule has 0 radical (unpaired) electrons. The fraction of sp³-hybridized carbons (Fsp3) is 0.800. The maximum absolute atomic E-state index is 6.37. The van der Waals surface area contributed by atoms with Gasteiger partial charge in [0, 0.05) is 7.05 Å². The lowest BCUT2D eigenvalue weighted by molar-refractivity contribution is 0.361. The first-order chi connectivity index (χ1) is 9.22. The normalized spacial score (nSPS) is 40.5. The summed E-state index contributed by atoms with van der Waals surface area (Å²) in [6, 6.07) is 0.406. The van der Waals surface area contributed by atoms with Crippen LogP contribution < -0.4 is 5.32 Å². The first-order valence-electron chi connectivity index (χ1n) is 7.63. The highest BCUT2D eigenvalue weighted by Crippen LogP contribution is 2.72. The summed E-state index contributed by atoms with van der Waals surface area (Å²) in [7, 11) is 2.01. The molecular formula is C15H22ClN3. The van der Waals surface area contributed by atoms with Crippen LogP contribution in [0.1, 0.15) is 37.9 Å². The molecule has 3 fully saturated rings. The van der Waals surface area contributed by atoms with Crippen LogP contribution in [-0.2, 0) is 7.05 Å². The summed E-state index contributed by atoms with van der Waals surface area (Å²) in [5.41, 5.74) is 1.20. The van der Waals surface area contributed by atoms with Crippen molar-refractivity contribution >= 4 is 11.6 Å². The van der Waals surface area contributed by atoms with E-state index in [1.54, 1.807) is 6.20 Å². The molecule has 19 heavy (non-hydrogen) atoms.